The zero-order valence-corrected chi connectivity index (χ0v) is 8.97. The molecule has 1 atom stereocenters. The molecule has 15 heavy (non-hydrogen) atoms. The zero-order chi connectivity index (χ0) is 11.6. The number of nitrogens with zero attached hydrogens (tertiary/aromatic N) is 1. The second-order valence-corrected chi connectivity index (χ2v) is 3.99. The van der Waals surface area contributed by atoms with E-state index in [1.165, 1.54) is 12.3 Å². The summed E-state index contributed by atoms with van der Waals surface area (Å²) in [7, 11) is 0. The highest BCUT2D eigenvalue weighted by atomic mass is 19.4. The normalized spacial score (nSPS) is 14.3. The molecule has 1 aromatic heterocycles. The first-order chi connectivity index (χ1) is 6.84. The average Bonchev–Trinajstić information content (AvgIpc) is 2.15. The smallest absolute Gasteiger partial charge is 0.264 e. The molecule has 0 aromatic carbocycles. The molecule has 0 fully saturated rings. The average molecular weight is 217 g/mol. The summed E-state index contributed by atoms with van der Waals surface area (Å²) in [6.07, 6.45) is -2.01. The lowest BCUT2D eigenvalue weighted by molar-refractivity contribution is -0.138. The number of hydrogen-bond acceptors (Lipinski definition) is 1. The first-order valence-electron chi connectivity index (χ1n) is 4.85. The highest BCUT2D eigenvalue weighted by Crippen LogP contribution is 2.36. The van der Waals surface area contributed by atoms with Crippen LogP contribution < -0.4 is 0 Å². The predicted molar refractivity (Wildman–Crippen MR) is 52.5 cm³/mol. The first-order valence-corrected chi connectivity index (χ1v) is 4.85. The molecule has 0 saturated carbocycles. The van der Waals surface area contributed by atoms with Crippen LogP contribution in [0, 0.1) is 5.92 Å². The fourth-order valence-corrected chi connectivity index (χ4v) is 1.40. The molecular weight excluding hydrogens is 203 g/mol. The molecule has 0 saturated heterocycles. The highest BCUT2D eigenvalue weighted by molar-refractivity contribution is 5.29. The van der Waals surface area contributed by atoms with E-state index in [0.29, 0.717) is 5.56 Å². The van der Waals surface area contributed by atoms with E-state index in [1.54, 1.807) is 6.92 Å². The number of rotatable bonds is 2. The van der Waals surface area contributed by atoms with Gasteiger partial charge < -0.3 is 0 Å². The maximum Gasteiger partial charge on any atom is 0.418 e. The van der Waals surface area contributed by atoms with Crippen LogP contribution in [0.2, 0.25) is 0 Å². The molecule has 1 rings (SSSR count). The lowest BCUT2D eigenvalue weighted by atomic mass is 9.88. The standard InChI is InChI=1S/C11H14F3N/c1-7(2)8(3)9-4-5-15-6-10(9)11(12,13)14/h4-8H,1-3H3. The van der Waals surface area contributed by atoms with Crippen molar-refractivity contribution in [3.8, 4) is 0 Å². The van der Waals surface area contributed by atoms with E-state index in [1.807, 2.05) is 13.8 Å². The summed E-state index contributed by atoms with van der Waals surface area (Å²) >= 11 is 0. The van der Waals surface area contributed by atoms with Crippen molar-refractivity contribution in [1.82, 2.24) is 4.98 Å². The molecule has 0 radical (unpaired) electrons. The second kappa shape index (κ2) is 4.21. The van der Waals surface area contributed by atoms with E-state index >= 15 is 0 Å². The van der Waals surface area contributed by atoms with Gasteiger partial charge in [-0.1, -0.05) is 20.8 Å². The SMILES string of the molecule is CC(C)C(C)c1ccncc1C(F)(F)F. The minimum absolute atomic E-state index is 0.121. The Hall–Kier alpha value is -1.06. The van der Waals surface area contributed by atoms with E-state index in [0.717, 1.165) is 6.20 Å². The maximum atomic E-state index is 12.6. The third kappa shape index (κ3) is 2.70. The second-order valence-electron chi connectivity index (χ2n) is 3.99. The van der Waals surface area contributed by atoms with E-state index in [2.05, 4.69) is 4.98 Å². The summed E-state index contributed by atoms with van der Waals surface area (Å²) in [6.45, 7) is 5.62. The number of aromatic nitrogens is 1. The van der Waals surface area contributed by atoms with Gasteiger partial charge in [0.2, 0.25) is 0 Å². The van der Waals surface area contributed by atoms with Crippen LogP contribution in [0.4, 0.5) is 13.2 Å². The van der Waals surface area contributed by atoms with Crippen molar-refractivity contribution in [2.75, 3.05) is 0 Å². The Labute approximate surface area is 87.3 Å². The third-order valence-corrected chi connectivity index (χ3v) is 2.65. The largest absolute Gasteiger partial charge is 0.418 e. The van der Waals surface area contributed by atoms with Gasteiger partial charge in [0.25, 0.3) is 0 Å². The molecule has 0 aliphatic heterocycles. The number of pyridine rings is 1. The van der Waals surface area contributed by atoms with Crippen molar-refractivity contribution in [2.24, 2.45) is 5.92 Å². The summed E-state index contributed by atoms with van der Waals surface area (Å²) in [6, 6.07) is 1.45. The van der Waals surface area contributed by atoms with Crippen molar-refractivity contribution in [2.45, 2.75) is 32.9 Å². The van der Waals surface area contributed by atoms with Gasteiger partial charge in [0.1, 0.15) is 0 Å². The molecule has 4 heteroatoms. The van der Waals surface area contributed by atoms with Crippen LogP contribution in [0.15, 0.2) is 18.5 Å². The van der Waals surface area contributed by atoms with Crippen molar-refractivity contribution >= 4 is 0 Å². The van der Waals surface area contributed by atoms with Gasteiger partial charge in [0.05, 0.1) is 5.56 Å². The molecule has 0 aliphatic carbocycles. The van der Waals surface area contributed by atoms with Crippen molar-refractivity contribution in [1.29, 1.82) is 0 Å². The van der Waals surface area contributed by atoms with Crippen LogP contribution in [0.25, 0.3) is 0 Å². The summed E-state index contributed by atoms with van der Waals surface area (Å²) < 4.78 is 37.9. The van der Waals surface area contributed by atoms with E-state index in [-0.39, 0.29) is 11.8 Å². The molecule has 0 amide bonds. The van der Waals surface area contributed by atoms with Crippen molar-refractivity contribution in [3.63, 3.8) is 0 Å². The van der Waals surface area contributed by atoms with E-state index < -0.39 is 11.7 Å². The van der Waals surface area contributed by atoms with Crippen LogP contribution in [0.5, 0.6) is 0 Å². The van der Waals surface area contributed by atoms with Crippen LogP contribution in [0.3, 0.4) is 0 Å². The Kier molecular flexibility index (Phi) is 3.37. The van der Waals surface area contributed by atoms with Gasteiger partial charge >= 0.3 is 6.18 Å². The highest BCUT2D eigenvalue weighted by Gasteiger charge is 2.35. The number of alkyl halides is 3. The molecule has 0 aliphatic rings. The van der Waals surface area contributed by atoms with Crippen LogP contribution in [0.1, 0.15) is 37.8 Å². The van der Waals surface area contributed by atoms with Gasteiger partial charge in [-0.05, 0) is 23.5 Å². The minimum atomic E-state index is -4.31. The Morgan fingerprint density at radius 1 is 1.20 bits per heavy atom. The minimum Gasteiger partial charge on any atom is -0.264 e. The zero-order valence-electron chi connectivity index (χ0n) is 8.97. The molecule has 1 unspecified atom stereocenters. The predicted octanol–water partition coefficient (Wildman–Crippen LogP) is 3.86. The molecule has 84 valence electrons. The van der Waals surface area contributed by atoms with Gasteiger partial charge in [-0.3, -0.25) is 4.98 Å². The lowest BCUT2D eigenvalue weighted by Gasteiger charge is -2.20. The fourth-order valence-electron chi connectivity index (χ4n) is 1.40. The maximum absolute atomic E-state index is 12.6. The molecule has 0 spiro atoms. The monoisotopic (exact) mass is 217 g/mol. The molecule has 1 aromatic rings. The van der Waals surface area contributed by atoms with Crippen molar-refractivity contribution < 1.29 is 13.2 Å². The molecule has 0 bridgehead atoms. The molecule has 1 nitrogen and oxygen atoms in total. The van der Waals surface area contributed by atoms with Gasteiger partial charge in [-0.2, -0.15) is 13.2 Å². The fraction of sp³-hybridized carbons (Fsp3) is 0.545. The first kappa shape index (κ1) is 12.0. The quantitative estimate of drug-likeness (QED) is 0.733. The molecule has 1 heterocycles. The van der Waals surface area contributed by atoms with Gasteiger partial charge in [0.15, 0.2) is 0 Å². The van der Waals surface area contributed by atoms with Gasteiger partial charge in [-0.15, -0.1) is 0 Å². The number of hydrogen-bond donors (Lipinski definition) is 0. The Morgan fingerprint density at radius 3 is 2.27 bits per heavy atom. The summed E-state index contributed by atoms with van der Waals surface area (Å²) in [5, 5.41) is 0. The van der Waals surface area contributed by atoms with Gasteiger partial charge in [-0.25, -0.2) is 0 Å². The number of halogens is 3. The third-order valence-electron chi connectivity index (χ3n) is 2.65. The van der Waals surface area contributed by atoms with Crippen LogP contribution in [-0.2, 0) is 6.18 Å². The lowest BCUT2D eigenvalue weighted by Crippen LogP contribution is -2.13. The van der Waals surface area contributed by atoms with E-state index in [9.17, 15) is 13.2 Å². The molecule has 0 N–H and O–H groups in total. The summed E-state index contributed by atoms with van der Waals surface area (Å²) in [5.41, 5.74) is -0.293. The van der Waals surface area contributed by atoms with E-state index in [4.69, 9.17) is 0 Å². The van der Waals surface area contributed by atoms with Crippen LogP contribution in [-0.4, -0.2) is 4.98 Å². The van der Waals surface area contributed by atoms with Crippen LogP contribution >= 0.6 is 0 Å². The van der Waals surface area contributed by atoms with Crippen molar-refractivity contribution in [3.05, 3.63) is 29.6 Å². The summed E-state index contributed by atoms with van der Waals surface area (Å²) in [5.74, 6) is 0.0538. The Bertz CT molecular complexity index is 331. The topological polar surface area (TPSA) is 12.9 Å². The molecular formula is C11H14F3N. The Balaban J connectivity index is 3.18. The summed E-state index contributed by atoms with van der Waals surface area (Å²) in [4.78, 5) is 3.53. The van der Waals surface area contributed by atoms with Gasteiger partial charge in [0, 0.05) is 12.4 Å². The Morgan fingerprint density at radius 2 is 1.80 bits per heavy atom.